The lowest BCUT2D eigenvalue weighted by atomic mass is 9.91. The lowest BCUT2D eigenvalue weighted by Crippen LogP contribution is -2.32. The molecule has 1 aromatic heterocycles. The van der Waals surface area contributed by atoms with Crippen LogP contribution in [-0.4, -0.2) is 28.4 Å². The van der Waals surface area contributed by atoms with Gasteiger partial charge in [-0.3, -0.25) is 0 Å². The van der Waals surface area contributed by atoms with Crippen LogP contribution in [0, 0.1) is 11.2 Å². The summed E-state index contributed by atoms with van der Waals surface area (Å²) >= 11 is 0.623. The Bertz CT molecular complexity index is 847. The topological polar surface area (TPSA) is 37.8 Å². The second-order valence-electron chi connectivity index (χ2n) is 6.61. The number of nitrogens with one attached hydrogen (secondary N) is 1. The van der Waals surface area contributed by atoms with E-state index >= 15 is 0 Å². The van der Waals surface area contributed by atoms with Crippen molar-refractivity contribution < 1.29 is 26.3 Å². The molecule has 148 valence electrons. The van der Waals surface area contributed by atoms with Crippen molar-refractivity contribution in [3.05, 3.63) is 35.4 Å². The highest BCUT2D eigenvalue weighted by atomic mass is 35.5. The molecule has 1 saturated carbocycles. The van der Waals surface area contributed by atoms with E-state index in [0.717, 1.165) is 12.1 Å². The third-order valence-electron chi connectivity index (χ3n) is 5.21. The Kier molecular flexibility index (Phi) is 4.97. The minimum atomic E-state index is -4.79. The van der Waals surface area contributed by atoms with E-state index in [9.17, 15) is 26.3 Å². The van der Waals surface area contributed by atoms with E-state index < -0.39 is 34.8 Å². The van der Waals surface area contributed by atoms with Crippen molar-refractivity contribution in [3.8, 4) is 10.6 Å². The molecule has 1 aliphatic heterocycles. The molecule has 4 rings (SSSR count). The Morgan fingerprint density at radius 2 is 1.81 bits per heavy atom. The average molecular weight is 430 g/mol. The zero-order chi connectivity index (χ0) is 18.7. The summed E-state index contributed by atoms with van der Waals surface area (Å²) < 4.78 is 85.5. The fourth-order valence-electron chi connectivity index (χ4n) is 3.81. The van der Waals surface area contributed by atoms with Crippen molar-refractivity contribution in [2.24, 2.45) is 5.41 Å². The van der Waals surface area contributed by atoms with E-state index in [1.54, 1.807) is 0 Å². The minimum Gasteiger partial charge on any atom is -0.317 e. The van der Waals surface area contributed by atoms with Gasteiger partial charge in [-0.2, -0.15) is 17.5 Å². The smallest absolute Gasteiger partial charge is 0.317 e. The molecule has 1 spiro atoms. The molecular formula is C16H14ClF6N3S. The SMILES string of the molecule is Cl.Fc1ccc(-c2nc(C3C(F)(F)C34CCNCC4)ns2)c(C(F)(F)F)c1. The molecule has 0 radical (unpaired) electrons. The summed E-state index contributed by atoms with van der Waals surface area (Å²) in [6.45, 7) is 0.915. The van der Waals surface area contributed by atoms with Gasteiger partial charge in [-0.05, 0) is 55.7 Å². The standard InChI is InChI=1S/C16H13F6N3S.ClH/c17-8-1-2-9(10(7-8)16(20,21)22)13-24-12(25-26-13)11-14(15(11,18)19)3-5-23-6-4-14;/h1-2,7,11,23H,3-6H2;1H. The van der Waals surface area contributed by atoms with Crippen LogP contribution in [0.25, 0.3) is 10.6 Å². The normalized spacial score (nSPS) is 23.1. The molecule has 11 heteroatoms. The predicted molar refractivity (Wildman–Crippen MR) is 89.8 cm³/mol. The molecule has 1 aromatic carbocycles. The maximum Gasteiger partial charge on any atom is 0.417 e. The highest BCUT2D eigenvalue weighted by Crippen LogP contribution is 2.74. The Balaban J connectivity index is 0.00000210. The second kappa shape index (κ2) is 6.59. The summed E-state index contributed by atoms with van der Waals surface area (Å²) in [5.74, 6) is -5.32. The number of aromatic nitrogens is 2. The molecule has 2 fully saturated rings. The highest BCUT2D eigenvalue weighted by molar-refractivity contribution is 7.09. The third kappa shape index (κ3) is 3.11. The van der Waals surface area contributed by atoms with Crippen molar-refractivity contribution in [2.45, 2.75) is 30.9 Å². The molecule has 0 bridgehead atoms. The summed E-state index contributed by atoms with van der Waals surface area (Å²) in [7, 11) is 0. The van der Waals surface area contributed by atoms with Gasteiger partial charge >= 0.3 is 6.18 Å². The van der Waals surface area contributed by atoms with E-state index in [1.165, 1.54) is 0 Å². The fourth-order valence-corrected chi connectivity index (χ4v) is 4.55. The summed E-state index contributed by atoms with van der Waals surface area (Å²) in [5, 5.41) is 2.88. The molecule has 1 unspecified atom stereocenters. The molecule has 3 nitrogen and oxygen atoms in total. The Morgan fingerprint density at radius 3 is 2.44 bits per heavy atom. The summed E-state index contributed by atoms with van der Waals surface area (Å²) in [6, 6.07) is 2.20. The van der Waals surface area contributed by atoms with Crippen LogP contribution in [0.15, 0.2) is 18.2 Å². The maximum atomic E-state index is 14.4. The predicted octanol–water partition coefficient (Wildman–Crippen LogP) is 4.89. The minimum absolute atomic E-state index is 0. The molecule has 2 aromatic rings. The van der Waals surface area contributed by atoms with Gasteiger partial charge in [0, 0.05) is 5.56 Å². The van der Waals surface area contributed by atoms with Gasteiger partial charge in [0.15, 0.2) is 5.82 Å². The summed E-state index contributed by atoms with van der Waals surface area (Å²) in [4.78, 5) is 3.98. The lowest BCUT2D eigenvalue weighted by molar-refractivity contribution is -0.137. The van der Waals surface area contributed by atoms with Crippen LogP contribution < -0.4 is 5.32 Å². The number of benzene rings is 1. The van der Waals surface area contributed by atoms with Gasteiger partial charge < -0.3 is 5.32 Å². The Hall–Kier alpha value is -1.39. The quantitative estimate of drug-likeness (QED) is 0.691. The lowest BCUT2D eigenvalue weighted by Gasteiger charge is -2.22. The first-order chi connectivity index (χ1) is 12.2. The van der Waals surface area contributed by atoms with E-state index in [4.69, 9.17) is 0 Å². The summed E-state index contributed by atoms with van der Waals surface area (Å²) in [5.41, 5.74) is -2.77. The molecule has 1 saturated heterocycles. The number of halogens is 7. The number of hydrogen-bond donors (Lipinski definition) is 1. The summed E-state index contributed by atoms with van der Waals surface area (Å²) in [6.07, 6.45) is -4.25. The van der Waals surface area contributed by atoms with Gasteiger partial charge in [0.25, 0.3) is 5.92 Å². The average Bonchev–Trinajstić information content (AvgIpc) is 2.90. The number of nitrogens with zero attached hydrogens (tertiary/aromatic N) is 2. The largest absolute Gasteiger partial charge is 0.417 e. The number of rotatable bonds is 2. The zero-order valence-electron chi connectivity index (χ0n) is 13.6. The first-order valence-corrected chi connectivity index (χ1v) is 8.73. The first-order valence-electron chi connectivity index (χ1n) is 7.96. The molecule has 0 amide bonds. The van der Waals surface area contributed by atoms with Crippen molar-refractivity contribution in [3.63, 3.8) is 0 Å². The van der Waals surface area contributed by atoms with Crippen molar-refractivity contribution >= 4 is 23.9 Å². The highest BCUT2D eigenvalue weighted by Gasteiger charge is 2.81. The van der Waals surface area contributed by atoms with Crippen LogP contribution in [-0.2, 0) is 6.18 Å². The van der Waals surface area contributed by atoms with Crippen molar-refractivity contribution in [1.82, 2.24) is 14.7 Å². The number of alkyl halides is 5. The van der Waals surface area contributed by atoms with E-state index in [0.29, 0.717) is 30.7 Å². The number of piperidine rings is 1. The molecule has 1 N–H and O–H groups in total. The molecule has 1 aliphatic carbocycles. The van der Waals surface area contributed by atoms with Crippen molar-refractivity contribution in [2.75, 3.05) is 13.1 Å². The second-order valence-corrected chi connectivity index (χ2v) is 7.36. The van der Waals surface area contributed by atoms with Crippen LogP contribution in [0.5, 0.6) is 0 Å². The molecular weight excluding hydrogens is 416 g/mol. The van der Waals surface area contributed by atoms with Gasteiger partial charge in [0.05, 0.1) is 16.9 Å². The van der Waals surface area contributed by atoms with Gasteiger partial charge in [-0.15, -0.1) is 12.4 Å². The van der Waals surface area contributed by atoms with Gasteiger partial charge in [-0.1, -0.05) is 0 Å². The van der Waals surface area contributed by atoms with Crippen LogP contribution in [0.2, 0.25) is 0 Å². The van der Waals surface area contributed by atoms with Crippen LogP contribution >= 0.6 is 23.9 Å². The van der Waals surface area contributed by atoms with Crippen molar-refractivity contribution in [1.29, 1.82) is 0 Å². The fraction of sp³-hybridized carbons (Fsp3) is 0.500. The van der Waals surface area contributed by atoms with Gasteiger partial charge in [0.1, 0.15) is 10.8 Å². The molecule has 27 heavy (non-hydrogen) atoms. The maximum absolute atomic E-state index is 14.4. The van der Waals surface area contributed by atoms with E-state index in [-0.39, 0.29) is 41.6 Å². The van der Waals surface area contributed by atoms with Crippen LogP contribution in [0.3, 0.4) is 0 Å². The van der Waals surface area contributed by atoms with E-state index in [1.807, 2.05) is 0 Å². The number of hydrogen-bond acceptors (Lipinski definition) is 4. The first kappa shape index (κ1) is 20.3. The monoisotopic (exact) mass is 429 g/mol. The molecule has 2 heterocycles. The van der Waals surface area contributed by atoms with Crippen LogP contribution in [0.1, 0.15) is 30.1 Å². The van der Waals surface area contributed by atoms with Gasteiger partial charge in [0.2, 0.25) is 0 Å². The van der Waals surface area contributed by atoms with E-state index in [2.05, 4.69) is 14.7 Å². The molecule has 1 atom stereocenters. The Morgan fingerprint density at radius 1 is 1.15 bits per heavy atom. The van der Waals surface area contributed by atoms with Crippen LogP contribution in [0.4, 0.5) is 26.3 Å². The third-order valence-corrected chi connectivity index (χ3v) is 5.97. The molecule has 2 aliphatic rings. The van der Waals surface area contributed by atoms with Gasteiger partial charge in [-0.25, -0.2) is 18.2 Å². The zero-order valence-corrected chi connectivity index (χ0v) is 15.2. The Labute approximate surface area is 160 Å².